The second-order valence-electron chi connectivity index (χ2n) is 10.1. The van der Waals surface area contributed by atoms with Gasteiger partial charge < -0.3 is 14.9 Å². The first-order valence-electron chi connectivity index (χ1n) is 14.6. The molecule has 0 rings (SSSR count). The lowest BCUT2D eigenvalue weighted by Gasteiger charge is -2.26. The van der Waals surface area contributed by atoms with Crippen LogP contribution in [-0.2, 0) is 9.53 Å². The maximum atomic E-state index is 12.3. The number of rotatable bonds is 25. The third-order valence-corrected chi connectivity index (χ3v) is 6.99. The molecule has 2 N–H and O–H groups in total. The molecule has 0 aromatic heterocycles. The summed E-state index contributed by atoms with van der Waals surface area (Å²) in [5.74, 6) is 0.197. The fourth-order valence-corrected chi connectivity index (χ4v) is 4.58. The number of esters is 1. The van der Waals surface area contributed by atoms with Crippen LogP contribution in [0.4, 0.5) is 0 Å². The van der Waals surface area contributed by atoms with Gasteiger partial charge in [-0.1, -0.05) is 136 Å². The van der Waals surface area contributed by atoms with E-state index in [1.807, 2.05) is 0 Å². The third-order valence-electron chi connectivity index (χ3n) is 6.99. The molecule has 0 amide bonds. The van der Waals surface area contributed by atoms with Crippen molar-refractivity contribution in [3.05, 3.63) is 0 Å². The second-order valence-corrected chi connectivity index (χ2v) is 10.1. The Morgan fingerprint density at radius 3 is 1.58 bits per heavy atom. The molecule has 0 aromatic rings. The zero-order valence-electron chi connectivity index (χ0n) is 22.5. The molecule has 0 heterocycles. The van der Waals surface area contributed by atoms with Crippen molar-refractivity contribution in [3.8, 4) is 0 Å². The van der Waals surface area contributed by atoms with E-state index in [1.54, 1.807) is 0 Å². The van der Waals surface area contributed by atoms with Crippen molar-refractivity contribution >= 4 is 5.97 Å². The normalized spacial score (nSPS) is 14.2. The minimum atomic E-state index is -0.981. The van der Waals surface area contributed by atoms with E-state index in [0.717, 1.165) is 38.5 Å². The van der Waals surface area contributed by atoms with Gasteiger partial charge in [0.1, 0.15) is 12.2 Å². The van der Waals surface area contributed by atoms with E-state index in [0.29, 0.717) is 18.8 Å². The number of carbonyl (C=O) groups is 1. The fourth-order valence-electron chi connectivity index (χ4n) is 4.58. The first-order valence-corrected chi connectivity index (χ1v) is 14.6. The van der Waals surface area contributed by atoms with Crippen molar-refractivity contribution in [3.63, 3.8) is 0 Å². The molecule has 0 fully saturated rings. The molecule has 0 saturated carbocycles. The first-order chi connectivity index (χ1) is 16.1. The summed E-state index contributed by atoms with van der Waals surface area (Å²) in [5.41, 5.74) is 0. The van der Waals surface area contributed by atoms with Crippen LogP contribution in [0.5, 0.6) is 0 Å². The van der Waals surface area contributed by atoms with Crippen LogP contribution in [0, 0.1) is 5.92 Å². The van der Waals surface area contributed by atoms with E-state index in [1.165, 1.54) is 83.5 Å². The van der Waals surface area contributed by atoms with Gasteiger partial charge in [0.2, 0.25) is 0 Å². The number of aliphatic hydroxyl groups is 2. The molecule has 3 atom stereocenters. The molecule has 0 radical (unpaired) electrons. The zero-order valence-corrected chi connectivity index (χ0v) is 22.5. The van der Waals surface area contributed by atoms with Crippen molar-refractivity contribution in [1.29, 1.82) is 0 Å². The van der Waals surface area contributed by atoms with Crippen LogP contribution in [0.2, 0.25) is 0 Å². The molecular weight excluding hydrogens is 412 g/mol. The summed E-state index contributed by atoms with van der Waals surface area (Å²) in [6.45, 7) is 6.22. The summed E-state index contributed by atoms with van der Waals surface area (Å²) in [7, 11) is 0. The highest BCUT2D eigenvalue weighted by Gasteiger charge is 2.25. The Morgan fingerprint density at radius 1 is 0.697 bits per heavy atom. The van der Waals surface area contributed by atoms with Gasteiger partial charge in [-0.05, 0) is 18.8 Å². The summed E-state index contributed by atoms with van der Waals surface area (Å²) in [6, 6.07) is 0. The summed E-state index contributed by atoms with van der Waals surface area (Å²) in [6.07, 6.45) is 23.4. The highest BCUT2D eigenvalue weighted by atomic mass is 16.6. The Hall–Kier alpha value is -0.610. The largest absolute Gasteiger partial charge is 0.459 e. The SMILES string of the molecule is CCCCCCCCCCCCCCCCCC(=O)OC(CC(CC)CCCC)C(O)CO. The molecule has 0 saturated heterocycles. The van der Waals surface area contributed by atoms with Gasteiger partial charge in [0.05, 0.1) is 6.61 Å². The highest BCUT2D eigenvalue weighted by Crippen LogP contribution is 2.22. The highest BCUT2D eigenvalue weighted by molar-refractivity contribution is 5.69. The summed E-state index contributed by atoms with van der Waals surface area (Å²) in [5, 5.41) is 19.5. The molecular formula is C29H58O4. The van der Waals surface area contributed by atoms with Crippen LogP contribution in [0.25, 0.3) is 0 Å². The molecule has 3 unspecified atom stereocenters. The zero-order chi connectivity index (χ0) is 24.6. The minimum absolute atomic E-state index is 0.229. The summed E-state index contributed by atoms with van der Waals surface area (Å²) >= 11 is 0. The van der Waals surface area contributed by atoms with E-state index in [4.69, 9.17) is 4.74 Å². The Morgan fingerprint density at radius 2 is 1.15 bits per heavy atom. The third kappa shape index (κ3) is 20.5. The van der Waals surface area contributed by atoms with Crippen molar-refractivity contribution in [2.75, 3.05) is 6.61 Å². The maximum absolute atomic E-state index is 12.3. The Labute approximate surface area is 206 Å². The van der Waals surface area contributed by atoms with Gasteiger partial charge in [-0.25, -0.2) is 0 Å². The Bertz CT molecular complexity index is 412. The number of aliphatic hydroxyl groups excluding tert-OH is 2. The fraction of sp³-hybridized carbons (Fsp3) is 0.966. The maximum Gasteiger partial charge on any atom is 0.306 e. The molecule has 4 heteroatoms. The molecule has 33 heavy (non-hydrogen) atoms. The molecule has 0 aliphatic rings. The molecule has 0 spiro atoms. The molecule has 0 aliphatic carbocycles. The van der Waals surface area contributed by atoms with Crippen molar-refractivity contribution in [2.45, 2.75) is 168 Å². The van der Waals surface area contributed by atoms with Crippen LogP contribution in [0.3, 0.4) is 0 Å². The smallest absolute Gasteiger partial charge is 0.306 e. The topological polar surface area (TPSA) is 66.8 Å². The number of hydrogen-bond acceptors (Lipinski definition) is 4. The van der Waals surface area contributed by atoms with Crippen LogP contribution >= 0.6 is 0 Å². The monoisotopic (exact) mass is 470 g/mol. The second kappa shape index (κ2) is 24.5. The van der Waals surface area contributed by atoms with Gasteiger partial charge in [0.25, 0.3) is 0 Å². The Balaban J connectivity index is 3.75. The molecule has 4 nitrogen and oxygen atoms in total. The lowest BCUT2D eigenvalue weighted by Crippen LogP contribution is -2.35. The van der Waals surface area contributed by atoms with Crippen LogP contribution in [0.1, 0.15) is 156 Å². The molecule has 0 aromatic carbocycles. The van der Waals surface area contributed by atoms with Gasteiger partial charge in [0, 0.05) is 6.42 Å². The van der Waals surface area contributed by atoms with Crippen molar-refractivity contribution in [1.82, 2.24) is 0 Å². The summed E-state index contributed by atoms with van der Waals surface area (Å²) < 4.78 is 5.59. The van der Waals surface area contributed by atoms with E-state index in [9.17, 15) is 15.0 Å². The lowest BCUT2D eigenvalue weighted by atomic mass is 9.91. The number of carbonyl (C=O) groups excluding carboxylic acids is 1. The molecule has 0 aliphatic heterocycles. The first kappa shape index (κ1) is 32.4. The van der Waals surface area contributed by atoms with Gasteiger partial charge in [-0.3, -0.25) is 4.79 Å². The predicted octanol–water partition coefficient (Wildman–Crippen LogP) is 8.12. The van der Waals surface area contributed by atoms with Gasteiger partial charge in [-0.2, -0.15) is 0 Å². The number of unbranched alkanes of at least 4 members (excludes halogenated alkanes) is 15. The average molecular weight is 471 g/mol. The van der Waals surface area contributed by atoms with Crippen LogP contribution < -0.4 is 0 Å². The van der Waals surface area contributed by atoms with Crippen LogP contribution in [-0.4, -0.2) is 35.0 Å². The quantitative estimate of drug-likeness (QED) is 0.104. The van der Waals surface area contributed by atoms with Crippen molar-refractivity contribution < 1.29 is 19.7 Å². The average Bonchev–Trinajstić information content (AvgIpc) is 2.82. The van der Waals surface area contributed by atoms with Gasteiger partial charge in [-0.15, -0.1) is 0 Å². The number of hydrogen-bond donors (Lipinski definition) is 2. The van der Waals surface area contributed by atoms with E-state index in [-0.39, 0.29) is 12.6 Å². The molecule has 198 valence electrons. The van der Waals surface area contributed by atoms with E-state index < -0.39 is 12.2 Å². The predicted molar refractivity (Wildman–Crippen MR) is 140 cm³/mol. The van der Waals surface area contributed by atoms with Gasteiger partial charge in [0.15, 0.2) is 0 Å². The minimum Gasteiger partial charge on any atom is -0.459 e. The van der Waals surface area contributed by atoms with E-state index >= 15 is 0 Å². The van der Waals surface area contributed by atoms with Gasteiger partial charge >= 0.3 is 5.97 Å². The Kier molecular flexibility index (Phi) is 24.1. The standard InChI is InChI=1S/C29H58O4/c1-4-7-9-10-11-12-13-14-15-16-17-18-19-20-21-23-29(32)33-28(27(31)25-30)24-26(6-3)22-8-5-2/h26-28,30-31H,4-25H2,1-3H3. The molecule has 0 bridgehead atoms. The van der Waals surface area contributed by atoms with Crippen molar-refractivity contribution in [2.24, 2.45) is 5.92 Å². The summed E-state index contributed by atoms with van der Waals surface area (Å²) in [4.78, 5) is 12.3. The number of ether oxygens (including phenoxy) is 1. The van der Waals surface area contributed by atoms with Crippen LogP contribution in [0.15, 0.2) is 0 Å². The lowest BCUT2D eigenvalue weighted by molar-refractivity contribution is -0.158. The van der Waals surface area contributed by atoms with E-state index in [2.05, 4.69) is 20.8 Å².